The number of benzene rings is 1. The zero-order valence-corrected chi connectivity index (χ0v) is 15.7. The molecule has 0 saturated carbocycles. The molecule has 140 valence electrons. The first-order valence-corrected chi connectivity index (χ1v) is 9.37. The number of ether oxygens (including phenoxy) is 2. The van der Waals surface area contributed by atoms with E-state index in [1.54, 1.807) is 0 Å². The Morgan fingerprint density at radius 1 is 1.20 bits per heavy atom. The molecule has 25 heavy (non-hydrogen) atoms. The summed E-state index contributed by atoms with van der Waals surface area (Å²) >= 11 is 0. The van der Waals surface area contributed by atoms with Crippen molar-refractivity contribution in [1.82, 2.24) is 4.90 Å². The second-order valence-electron chi connectivity index (χ2n) is 7.04. The molecule has 0 aliphatic carbocycles. The molecule has 1 heterocycles. The van der Waals surface area contributed by atoms with Crippen molar-refractivity contribution in [3.05, 3.63) is 23.8 Å². The standard InChI is InChI=1S/C20H31NO4/c1-4-8-24-18-7-6-16(19(11-18)25-9-5-2)13-21-12-15(3)10-17(14-21)20(22)23/h6-7,11,15,17H,4-5,8-10,12-14H2,1-3H3,(H,22,23). The molecule has 2 unspecified atom stereocenters. The number of carboxylic acid groups (broad SMARTS) is 1. The molecule has 1 aromatic carbocycles. The third-order valence-corrected chi connectivity index (χ3v) is 4.45. The minimum absolute atomic E-state index is 0.282. The molecule has 0 aromatic heterocycles. The smallest absolute Gasteiger partial charge is 0.307 e. The summed E-state index contributed by atoms with van der Waals surface area (Å²) in [6.07, 6.45) is 2.67. The predicted molar refractivity (Wildman–Crippen MR) is 98.2 cm³/mol. The average molecular weight is 349 g/mol. The molecule has 1 aliphatic rings. The van der Waals surface area contributed by atoms with Crippen LogP contribution < -0.4 is 9.47 Å². The summed E-state index contributed by atoms with van der Waals surface area (Å²) in [6, 6.07) is 5.99. The lowest BCUT2D eigenvalue weighted by atomic mass is 9.90. The van der Waals surface area contributed by atoms with Crippen LogP contribution in [0.25, 0.3) is 0 Å². The van der Waals surface area contributed by atoms with Gasteiger partial charge in [-0.15, -0.1) is 0 Å². The Bertz CT molecular complexity index is 561. The van der Waals surface area contributed by atoms with Crippen molar-refractivity contribution in [1.29, 1.82) is 0 Å². The maximum Gasteiger partial charge on any atom is 0.307 e. The van der Waals surface area contributed by atoms with Gasteiger partial charge in [0.2, 0.25) is 0 Å². The van der Waals surface area contributed by atoms with E-state index in [9.17, 15) is 9.90 Å². The number of hydrogen-bond donors (Lipinski definition) is 1. The van der Waals surface area contributed by atoms with Gasteiger partial charge < -0.3 is 14.6 Å². The summed E-state index contributed by atoms with van der Waals surface area (Å²) in [6.45, 7) is 9.88. The molecule has 0 radical (unpaired) electrons. The summed E-state index contributed by atoms with van der Waals surface area (Å²) in [5, 5.41) is 9.36. The summed E-state index contributed by atoms with van der Waals surface area (Å²) in [5.41, 5.74) is 1.09. The molecular formula is C20H31NO4. The molecule has 5 heteroatoms. The van der Waals surface area contributed by atoms with Gasteiger partial charge in [0.25, 0.3) is 0 Å². The van der Waals surface area contributed by atoms with Crippen molar-refractivity contribution in [3.8, 4) is 11.5 Å². The quantitative estimate of drug-likeness (QED) is 0.735. The van der Waals surface area contributed by atoms with Crippen LogP contribution in [0.3, 0.4) is 0 Å². The van der Waals surface area contributed by atoms with Gasteiger partial charge in [-0.2, -0.15) is 0 Å². The molecule has 2 atom stereocenters. The van der Waals surface area contributed by atoms with E-state index in [-0.39, 0.29) is 5.92 Å². The first kappa shape index (κ1) is 19.6. The molecule has 1 fully saturated rings. The van der Waals surface area contributed by atoms with E-state index >= 15 is 0 Å². The Morgan fingerprint density at radius 3 is 2.60 bits per heavy atom. The van der Waals surface area contributed by atoms with Crippen LogP contribution in [0.5, 0.6) is 11.5 Å². The second kappa shape index (κ2) is 9.66. The Kier molecular flexibility index (Phi) is 7.56. The maximum absolute atomic E-state index is 11.4. The zero-order chi connectivity index (χ0) is 18.2. The van der Waals surface area contributed by atoms with Gasteiger partial charge in [0, 0.05) is 31.3 Å². The summed E-state index contributed by atoms with van der Waals surface area (Å²) in [7, 11) is 0. The number of hydrogen-bond acceptors (Lipinski definition) is 4. The summed E-state index contributed by atoms with van der Waals surface area (Å²) < 4.78 is 11.6. The van der Waals surface area contributed by atoms with E-state index < -0.39 is 5.97 Å². The van der Waals surface area contributed by atoms with Crippen LogP contribution in [0.4, 0.5) is 0 Å². The largest absolute Gasteiger partial charge is 0.493 e. The Hall–Kier alpha value is -1.75. The Balaban J connectivity index is 2.11. The van der Waals surface area contributed by atoms with Crippen LogP contribution in [0.2, 0.25) is 0 Å². The van der Waals surface area contributed by atoms with Gasteiger partial charge in [0.15, 0.2) is 0 Å². The van der Waals surface area contributed by atoms with Crippen LogP contribution in [-0.2, 0) is 11.3 Å². The summed E-state index contributed by atoms with van der Waals surface area (Å²) in [5.74, 6) is 1.09. The molecule has 0 spiro atoms. The SMILES string of the molecule is CCCOc1ccc(CN2CC(C)CC(C(=O)O)C2)c(OCCC)c1. The van der Waals surface area contributed by atoms with E-state index in [0.29, 0.717) is 32.2 Å². The topological polar surface area (TPSA) is 59.0 Å². The second-order valence-corrected chi connectivity index (χ2v) is 7.04. The number of carboxylic acids is 1. The van der Waals surface area contributed by atoms with Crippen molar-refractivity contribution in [3.63, 3.8) is 0 Å². The molecule has 1 aromatic rings. The minimum Gasteiger partial charge on any atom is -0.493 e. The number of rotatable bonds is 9. The fourth-order valence-corrected chi connectivity index (χ4v) is 3.33. The van der Waals surface area contributed by atoms with Gasteiger partial charge in [-0.25, -0.2) is 0 Å². The number of nitrogens with zero attached hydrogens (tertiary/aromatic N) is 1. The third-order valence-electron chi connectivity index (χ3n) is 4.45. The van der Waals surface area contributed by atoms with E-state index in [1.165, 1.54) is 0 Å². The van der Waals surface area contributed by atoms with Crippen molar-refractivity contribution >= 4 is 5.97 Å². The minimum atomic E-state index is -0.692. The van der Waals surface area contributed by atoms with Crippen molar-refractivity contribution in [2.24, 2.45) is 11.8 Å². The van der Waals surface area contributed by atoms with Gasteiger partial charge in [-0.1, -0.05) is 26.8 Å². The Morgan fingerprint density at radius 2 is 1.92 bits per heavy atom. The van der Waals surface area contributed by atoms with Gasteiger partial charge in [-0.05, 0) is 31.2 Å². The molecule has 1 saturated heterocycles. The van der Waals surface area contributed by atoms with Crippen molar-refractivity contribution in [2.45, 2.75) is 46.6 Å². The highest BCUT2D eigenvalue weighted by atomic mass is 16.5. The molecule has 0 amide bonds. The lowest BCUT2D eigenvalue weighted by molar-refractivity contribution is -0.144. The monoisotopic (exact) mass is 349 g/mol. The molecule has 1 aliphatic heterocycles. The van der Waals surface area contributed by atoms with Crippen LogP contribution in [-0.4, -0.2) is 42.3 Å². The van der Waals surface area contributed by atoms with Crippen LogP contribution in [0, 0.1) is 11.8 Å². The first-order chi connectivity index (χ1) is 12.0. The van der Waals surface area contributed by atoms with E-state index in [1.807, 2.05) is 18.2 Å². The molecule has 5 nitrogen and oxygen atoms in total. The molecular weight excluding hydrogens is 318 g/mol. The van der Waals surface area contributed by atoms with Crippen LogP contribution in [0.1, 0.15) is 45.6 Å². The molecule has 1 N–H and O–H groups in total. The normalized spacial score (nSPS) is 21.1. The fourth-order valence-electron chi connectivity index (χ4n) is 3.33. The first-order valence-electron chi connectivity index (χ1n) is 9.37. The lowest BCUT2D eigenvalue weighted by Gasteiger charge is -2.35. The lowest BCUT2D eigenvalue weighted by Crippen LogP contribution is -2.42. The van der Waals surface area contributed by atoms with Gasteiger partial charge in [0.1, 0.15) is 11.5 Å². The van der Waals surface area contributed by atoms with Crippen LogP contribution in [0.15, 0.2) is 18.2 Å². The van der Waals surface area contributed by atoms with Crippen LogP contribution >= 0.6 is 0 Å². The Labute approximate surface area is 150 Å². The van der Waals surface area contributed by atoms with Crippen molar-refractivity contribution in [2.75, 3.05) is 26.3 Å². The fraction of sp³-hybridized carbons (Fsp3) is 0.650. The highest BCUT2D eigenvalue weighted by Crippen LogP contribution is 2.29. The average Bonchev–Trinajstić information content (AvgIpc) is 2.59. The number of piperidine rings is 1. The molecule has 2 rings (SSSR count). The highest BCUT2D eigenvalue weighted by Gasteiger charge is 2.29. The number of carbonyl (C=O) groups is 1. The van der Waals surface area contributed by atoms with E-state index in [4.69, 9.17) is 9.47 Å². The van der Waals surface area contributed by atoms with Gasteiger partial charge in [-0.3, -0.25) is 9.69 Å². The van der Waals surface area contributed by atoms with E-state index in [2.05, 4.69) is 25.7 Å². The van der Waals surface area contributed by atoms with Crippen molar-refractivity contribution < 1.29 is 19.4 Å². The highest BCUT2D eigenvalue weighted by molar-refractivity contribution is 5.70. The van der Waals surface area contributed by atoms with Gasteiger partial charge in [0.05, 0.1) is 19.1 Å². The summed E-state index contributed by atoms with van der Waals surface area (Å²) in [4.78, 5) is 13.6. The predicted octanol–water partition coefficient (Wildman–Crippen LogP) is 3.81. The molecule has 0 bridgehead atoms. The number of aliphatic carboxylic acids is 1. The number of likely N-dealkylation sites (tertiary alicyclic amines) is 1. The zero-order valence-electron chi connectivity index (χ0n) is 15.7. The maximum atomic E-state index is 11.4. The van der Waals surface area contributed by atoms with Gasteiger partial charge >= 0.3 is 5.97 Å². The third kappa shape index (κ3) is 5.92. The van der Waals surface area contributed by atoms with E-state index in [0.717, 1.165) is 42.9 Å².